The summed E-state index contributed by atoms with van der Waals surface area (Å²) in [4.78, 5) is 2.49. The van der Waals surface area contributed by atoms with E-state index >= 15 is 0 Å². The van der Waals surface area contributed by atoms with E-state index in [1.54, 1.807) is 11.3 Å². The number of hydrogen-bond acceptors (Lipinski definition) is 3. The number of hydrogen-bond donors (Lipinski definition) is 1. The summed E-state index contributed by atoms with van der Waals surface area (Å²) < 4.78 is 5.93. The van der Waals surface area contributed by atoms with Crippen LogP contribution in [0.25, 0.3) is 6.08 Å². The Balaban J connectivity index is 2.12. The summed E-state index contributed by atoms with van der Waals surface area (Å²) in [5.74, 6) is 0.917. The highest BCUT2D eigenvalue weighted by molar-refractivity contribution is 7.12. The molecule has 0 saturated heterocycles. The van der Waals surface area contributed by atoms with Crippen molar-refractivity contribution in [3.8, 4) is 5.75 Å². The first-order valence-electron chi connectivity index (χ1n) is 6.37. The lowest BCUT2D eigenvalue weighted by atomic mass is 10.2. The minimum absolute atomic E-state index is 0.594. The van der Waals surface area contributed by atoms with Crippen LogP contribution >= 0.6 is 11.3 Å². The van der Waals surface area contributed by atoms with Crippen molar-refractivity contribution in [3.05, 3.63) is 57.3 Å². The highest BCUT2D eigenvalue weighted by Gasteiger charge is 2.06. The van der Waals surface area contributed by atoms with Crippen molar-refractivity contribution in [2.24, 2.45) is 5.73 Å². The molecule has 2 N–H and O–H groups in total. The molecular formula is C16H19NOS. The van der Waals surface area contributed by atoms with Crippen molar-refractivity contribution in [2.75, 3.05) is 0 Å². The Labute approximate surface area is 118 Å². The second-order valence-corrected chi connectivity index (χ2v) is 5.67. The van der Waals surface area contributed by atoms with Crippen molar-refractivity contribution in [2.45, 2.75) is 27.0 Å². The number of aryl methyl sites for hydroxylation is 1. The molecule has 2 aromatic rings. The number of ether oxygens (including phenoxy) is 1. The third-order valence-corrected chi connectivity index (χ3v) is 4.04. The summed E-state index contributed by atoms with van der Waals surface area (Å²) in [6.45, 7) is 5.31. The van der Waals surface area contributed by atoms with Gasteiger partial charge in [-0.1, -0.05) is 30.4 Å². The Morgan fingerprint density at radius 1 is 1.32 bits per heavy atom. The van der Waals surface area contributed by atoms with Crippen LogP contribution in [0.2, 0.25) is 0 Å². The zero-order valence-corrected chi connectivity index (χ0v) is 12.2. The Hall–Kier alpha value is -1.58. The van der Waals surface area contributed by atoms with Crippen LogP contribution in [0.3, 0.4) is 0 Å². The molecule has 1 heterocycles. The molecule has 1 aromatic carbocycles. The lowest BCUT2D eigenvalue weighted by molar-refractivity contribution is 0.305. The van der Waals surface area contributed by atoms with E-state index in [0.29, 0.717) is 13.2 Å². The van der Waals surface area contributed by atoms with Crippen LogP contribution in [0, 0.1) is 6.92 Å². The number of para-hydroxylation sites is 1. The fourth-order valence-corrected chi connectivity index (χ4v) is 2.84. The molecule has 0 aliphatic rings. The van der Waals surface area contributed by atoms with Crippen LogP contribution in [0.5, 0.6) is 5.75 Å². The molecule has 0 unspecified atom stereocenters. The van der Waals surface area contributed by atoms with Gasteiger partial charge in [0.2, 0.25) is 0 Å². The largest absolute Gasteiger partial charge is 0.488 e. The van der Waals surface area contributed by atoms with Crippen molar-refractivity contribution >= 4 is 17.4 Å². The number of nitrogens with two attached hydrogens (primary N) is 1. The number of rotatable bonds is 5. The summed E-state index contributed by atoms with van der Waals surface area (Å²) in [7, 11) is 0. The Kier molecular flexibility index (Phi) is 4.77. The monoisotopic (exact) mass is 273 g/mol. The fourth-order valence-electron chi connectivity index (χ4n) is 1.92. The van der Waals surface area contributed by atoms with Gasteiger partial charge < -0.3 is 10.5 Å². The highest BCUT2D eigenvalue weighted by Crippen LogP contribution is 2.25. The van der Waals surface area contributed by atoms with Gasteiger partial charge in [-0.15, -0.1) is 11.3 Å². The number of allylic oxidation sites excluding steroid dienone is 1. The molecule has 2 nitrogen and oxygen atoms in total. The summed E-state index contributed by atoms with van der Waals surface area (Å²) in [5.41, 5.74) is 7.99. The predicted molar refractivity (Wildman–Crippen MR) is 82.4 cm³/mol. The van der Waals surface area contributed by atoms with Crippen LogP contribution < -0.4 is 10.5 Å². The van der Waals surface area contributed by atoms with Gasteiger partial charge >= 0.3 is 0 Å². The Morgan fingerprint density at radius 2 is 2.11 bits per heavy atom. The van der Waals surface area contributed by atoms with E-state index in [0.717, 1.165) is 11.3 Å². The molecule has 0 fully saturated rings. The standard InChI is InChI=1S/C16H19NOS/c1-3-6-13-7-4-5-8-16(13)18-11-14-9-15(10-17)19-12(14)2/h3-9H,10-11,17H2,1-2H3/b6-3+. The molecule has 0 aliphatic carbocycles. The predicted octanol–water partition coefficient (Wildman–Crippen LogP) is 4.13. The van der Waals surface area contributed by atoms with Crippen molar-refractivity contribution in [3.63, 3.8) is 0 Å². The first kappa shape index (κ1) is 13.8. The Bertz CT molecular complexity index is 572. The van der Waals surface area contributed by atoms with Gasteiger partial charge in [0.1, 0.15) is 12.4 Å². The topological polar surface area (TPSA) is 35.2 Å². The fraction of sp³-hybridized carbons (Fsp3) is 0.250. The quantitative estimate of drug-likeness (QED) is 0.889. The third kappa shape index (κ3) is 3.46. The first-order valence-corrected chi connectivity index (χ1v) is 7.19. The Morgan fingerprint density at radius 3 is 2.79 bits per heavy atom. The molecule has 19 heavy (non-hydrogen) atoms. The molecule has 0 bridgehead atoms. The van der Waals surface area contributed by atoms with Gasteiger partial charge in [0, 0.05) is 27.4 Å². The van der Waals surface area contributed by atoms with E-state index in [9.17, 15) is 0 Å². The molecule has 3 heteroatoms. The molecule has 100 valence electrons. The van der Waals surface area contributed by atoms with E-state index in [-0.39, 0.29) is 0 Å². The lowest BCUT2D eigenvalue weighted by Gasteiger charge is -2.08. The van der Waals surface area contributed by atoms with Gasteiger partial charge in [-0.25, -0.2) is 0 Å². The molecule has 1 aromatic heterocycles. The maximum absolute atomic E-state index is 5.93. The van der Waals surface area contributed by atoms with E-state index in [1.807, 2.05) is 31.2 Å². The van der Waals surface area contributed by atoms with E-state index < -0.39 is 0 Å². The second kappa shape index (κ2) is 6.55. The van der Waals surface area contributed by atoms with Crippen LogP contribution in [0.1, 0.15) is 27.8 Å². The molecular weight excluding hydrogens is 254 g/mol. The SMILES string of the molecule is C/C=C/c1ccccc1OCc1cc(CN)sc1C. The van der Waals surface area contributed by atoms with Crippen molar-refractivity contribution in [1.82, 2.24) is 0 Å². The van der Waals surface area contributed by atoms with Crippen LogP contribution in [-0.4, -0.2) is 0 Å². The highest BCUT2D eigenvalue weighted by atomic mass is 32.1. The molecule has 0 amide bonds. The van der Waals surface area contributed by atoms with Crippen LogP contribution in [-0.2, 0) is 13.2 Å². The minimum Gasteiger partial charge on any atom is -0.488 e. The molecule has 0 saturated carbocycles. The normalized spacial score (nSPS) is 11.1. The zero-order valence-electron chi connectivity index (χ0n) is 11.3. The summed E-state index contributed by atoms with van der Waals surface area (Å²) in [6.07, 6.45) is 4.08. The lowest BCUT2D eigenvalue weighted by Crippen LogP contribution is -1.97. The van der Waals surface area contributed by atoms with Gasteiger partial charge in [0.25, 0.3) is 0 Å². The molecule has 0 aliphatic heterocycles. The van der Waals surface area contributed by atoms with Gasteiger partial charge in [0.05, 0.1) is 0 Å². The maximum atomic E-state index is 5.93. The second-order valence-electron chi connectivity index (χ2n) is 4.32. The van der Waals surface area contributed by atoms with Crippen LogP contribution in [0.15, 0.2) is 36.4 Å². The van der Waals surface area contributed by atoms with E-state index in [2.05, 4.69) is 25.1 Å². The van der Waals surface area contributed by atoms with Gasteiger partial charge in [-0.2, -0.15) is 0 Å². The number of thiophene rings is 1. The van der Waals surface area contributed by atoms with Crippen molar-refractivity contribution < 1.29 is 4.74 Å². The molecule has 0 atom stereocenters. The molecule has 2 rings (SSSR count). The zero-order chi connectivity index (χ0) is 13.7. The van der Waals surface area contributed by atoms with E-state index in [4.69, 9.17) is 10.5 Å². The minimum atomic E-state index is 0.594. The average Bonchev–Trinajstić information content (AvgIpc) is 2.79. The first-order chi connectivity index (χ1) is 9.24. The molecule has 0 spiro atoms. The summed E-state index contributed by atoms with van der Waals surface area (Å²) in [5, 5.41) is 0. The van der Waals surface area contributed by atoms with Gasteiger partial charge in [0.15, 0.2) is 0 Å². The van der Waals surface area contributed by atoms with Gasteiger partial charge in [-0.3, -0.25) is 0 Å². The number of benzene rings is 1. The maximum Gasteiger partial charge on any atom is 0.127 e. The average molecular weight is 273 g/mol. The van der Waals surface area contributed by atoms with E-state index in [1.165, 1.54) is 15.3 Å². The third-order valence-electron chi connectivity index (χ3n) is 2.92. The van der Waals surface area contributed by atoms with Crippen molar-refractivity contribution in [1.29, 1.82) is 0 Å². The van der Waals surface area contributed by atoms with Gasteiger partial charge in [-0.05, 0) is 26.0 Å². The summed E-state index contributed by atoms with van der Waals surface area (Å²) >= 11 is 1.74. The summed E-state index contributed by atoms with van der Waals surface area (Å²) in [6, 6.07) is 10.2. The van der Waals surface area contributed by atoms with Crippen LogP contribution in [0.4, 0.5) is 0 Å². The smallest absolute Gasteiger partial charge is 0.127 e. The molecule has 0 radical (unpaired) electrons.